The summed E-state index contributed by atoms with van der Waals surface area (Å²) >= 11 is 3.30. The average Bonchev–Trinajstić information content (AvgIpc) is 2.59. The van der Waals surface area contributed by atoms with Crippen LogP contribution in [0.5, 0.6) is 0 Å². The van der Waals surface area contributed by atoms with Crippen LogP contribution in [0.15, 0.2) is 57.8 Å². The van der Waals surface area contributed by atoms with Crippen LogP contribution in [0.2, 0.25) is 0 Å². The number of nitrogens with zero attached hydrogens (tertiary/aromatic N) is 2. The van der Waals surface area contributed by atoms with Crippen LogP contribution in [0.3, 0.4) is 0 Å². The van der Waals surface area contributed by atoms with E-state index in [1.54, 1.807) is 36.4 Å². The summed E-state index contributed by atoms with van der Waals surface area (Å²) in [6.45, 7) is -0.389. The fourth-order valence-corrected chi connectivity index (χ4v) is 2.63. The highest BCUT2D eigenvalue weighted by Gasteiger charge is 2.17. The van der Waals surface area contributed by atoms with Gasteiger partial charge in [-0.3, -0.25) is 9.59 Å². The van der Waals surface area contributed by atoms with Gasteiger partial charge >= 0.3 is 5.97 Å². The largest absolute Gasteiger partial charge is 0.476 e. The predicted molar refractivity (Wildman–Crippen MR) is 95.7 cm³/mol. The minimum Gasteiger partial charge on any atom is -0.476 e. The summed E-state index contributed by atoms with van der Waals surface area (Å²) in [5.41, 5.74) is -0.237. The molecular formula is C17H12BrN3O4. The van der Waals surface area contributed by atoms with E-state index in [0.29, 0.717) is 5.69 Å². The molecular weight excluding hydrogens is 390 g/mol. The Labute approximate surface area is 150 Å². The number of amides is 1. The van der Waals surface area contributed by atoms with Gasteiger partial charge in [0.2, 0.25) is 5.91 Å². The molecule has 0 aliphatic heterocycles. The number of aromatic nitrogens is 2. The standard InChI is InChI=1S/C17H12BrN3O4/c18-10-5-7-11(8-6-10)19-14(22)9-21-16(23)13-4-2-1-3-12(13)15(20-21)17(24)25/h1-8H,9H2,(H,19,22)(H,24,25). The van der Waals surface area contributed by atoms with Gasteiger partial charge in [0.25, 0.3) is 5.56 Å². The number of fused-ring (bicyclic) bond motifs is 1. The molecule has 0 spiro atoms. The van der Waals surface area contributed by atoms with Crippen LogP contribution >= 0.6 is 15.9 Å². The van der Waals surface area contributed by atoms with E-state index in [1.165, 1.54) is 12.1 Å². The molecule has 0 aliphatic rings. The van der Waals surface area contributed by atoms with E-state index in [-0.39, 0.29) is 23.0 Å². The third-order valence-corrected chi connectivity index (χ3v) is 4.02. The van der Waals surface area contributed by atoms with Crippen LogP contribution in [0.25, 0.3) is 10.8 Å². The first-order chi connectivity index (χ1) is 12.0. The lowest BCUT2D eigenvalue weighted by Gasteiger charge is -2.09. The summed E-state index contributed by atoms with van der Waals surface area (Å²) in [5, 5.41) is 16.2. The first-order valence-corrected chi connectivity index (χ1v) is 8.03. The van der Waals surface area contributed by atoms with Crippen molar-refractivity contribution in [2.75, 3.05) is 5.32 Å². The SMILES string of the molecule is O=C(Cn1nc(C(=O)O)c2ccccc2c1=O)Nc1ccc(Br)cc1. The number of carbonyl (C=O) groups excluding carboxylic acids is 1. The minimum atomic E-state index is -1.27. The number of anilines is 1. The van der Waals surface area contributed by atoms with Crippen molar-refractivity contribution in [3.05, 3.63) is 69.1 Å². The third kappa shape index (κ3) is 3.58. The number of hydrogen-bond acceptors (Lipinski definition) is 4. The summed E-state index contributed by atoms with van der Waals surface area (Å²) < 4.78 is 1.73. The molecule has 0 saturated carbocycles. The molecule has 0 radical (unpaired) electrons. The first kappa shape index (κ1) is 16.8. The molecule has 2 N–H and O–H groups in total. The van der Waals surface area contributed by atoms with E-state index in [9.17, 15) is 19.5 Å². The van der Waals surface area contributed by atoms with Crippen LogP contribution in [0.4, 0.5) is 5.69 Å². The Morgan fingerprint density at radius 3 is 2.36 bits per heavy atom. The molecule has 126 valence electrons. The minimum absolute atomic E-state index is 0.200. The molecule has 0 bridgehead atoms. The Morgan fingerprint density at radius 1 is 1.08 bits per heavy atom. The van der Waals surface area contributed by atoms with Gasteiger partial charge in [0.05, 0.1) is 5.39 Å². The molecule has 1 aromatic heterocycles. The van der Waals surface area contributed by atoms with Crippen LogP contribution in [0, 0.1) is 0 Å². The van der Waals surface area contributed by atoms with Crippen LogP contribution < -0.4 is 10.9 Å². The number of rotatable bonds is 4. The van der Waals surface area contributed by atoms with Crippen LogP contribution in [-0.4, -0.2) is 26.8 Å². The second kappa shape index (κ2) is 6.86. The zero-order valence-electron chi connectivity index (χ0n) is 12.8. The van der Waals surface area contributed by atoms with Gasteiger partial charge in [-0.2, -0.15) is 5.10 Å². The molecule has 3 rings (SSSR count). The number of hydrogen-bond donors (Lipinski definition) is 2. The van der Waals surface area contributed by atoms with Crippen molar-refractivity contribution >= 4 is 44.3 Å². The van der Waals surface area contributed by atoms with E-state index in [0.717, 1.165) is 9.15 Å². The van der Waals surface area contributed by atoms with E-state index in [1.807, 2.05) is 0 Å². The topological polar surface area (TPSA) is 101 Å². The van der Waals surface area contributed by atoms with E-state index in [4.69, 9.17) is 0 Å². The van der Waals surface area contributed by atoms with Gasteiger partial charge < -0.3 is 10.4 Å². The molecule has 3 aromatic rings. The highest BCUT2D eigenvalue weighted by Crippen LogP contribution is 2.15. The number of halogens is 1. The Hall–Kier alpha value is -3.00. The monoisotopic (exact) mass is 401 g/mol. The Morgan fingerprint density at radius 2 is 1.72 bits per heavy atom. The van der Waals surface area contributed by atoms with Gasteiger partial charge in [-0.1, -0.05) is 34.1 Å². The zero-order valence-corrected chi connectivity index (χ0v) is 14.4. The van der Waals surface area contributed by atoms with Crippen molar-refractivity contribution in [2.24, 2.45) is 0 Å². The summed E-state index contributed by atoms with van der Waals surface area (Å²) in [5.74, 6) is -1.75. The second-order valence-corrected chi connectivity index (χ2v) is 6.13. The van der Waals surface area contributed by atoms with Gasteiger partial charge in [0, 0.05) is 15.5 Å². The van der Waals surface area contributed by atoms with Crippen LogP contribution in [0.1, 0.15) is 10.5 Å². The number of carboxylic acids is 1. The lowest BCUT2D eigenvalue weighted by Crippen LogP contribution is -2.31. The highest BCUT2D eigenvalue weighted by molar-refractivity contribution is 9.10. The molecule has 2 aromatic carbocycles. The normalized spacial score (nSPS) is 10.6. The quantitative estimate of drug-likeness (QED) is 0.699. The Kier molecular flexibility index (Phi) is 4.62. The number of nitrogens with one attached hydrogen (secondary N) is 1. The van der Waals surface area contributed by atoms with Crippen molar-refractivity contribution in [3.63, 3.8) is 0 Å². The number of carboxylic acid groups (broad SMARTS) is 1. The molecule has 0 atom stereocenters. The van der Waals surface area contributed by atoms with Crippen molar-refractivity contribution in [1.82, 2.24) is 9.78 Å². The van der Waals surface area contributed by atoms with Crippen molar-refractivity contribution in [3.8, 4) is 0 Å². The van der Waals surface area contributed by atoms with E-state index < -0.39 is 17.4 Å². The van der Waals surface area contributed by atoms with Gasteiger partial charge in [-0.15, -0.1) is 0 Å². The maximum absolute atomic E-state index is 12.5. The molecule has 0 aliphatic carbocycles. The van der Waals surface area contributed by atoms with E-state index >= 15 is 0 Å². The van der Waals surface area contributed by atoms with E-state index in [2.05, 4.69) is 26.3 Å². The Balaban J connectivity index is 1.94. The average molecular weight is 402 g/mol. The maximum Gasteiger partial charge on any atom is 0.357 e. The van der Waals surface area contributed by atoms with Crippen LogP contribution in [-0.2, 0) is 11.3 Å². The summed E-state index contributed by atoms with van der Waals surface area (Å²) in [4.78, 5) is 36.0. The lowest BCUT2D eigenvalue weighted by atomic mass is 10.1. The zero-order chi connectivity index (χ0) is 18.0. The van der Waals surface area contributed by atoms with Gasteiger partial charge in [-0.05, 0) is 30.3 Å². The number of benzene rings is 2. The highest BCUT2D eigenvalue weighted by atomic mass is 79.9. The first-order valence-electron chi connectivity index (χ1n) is 7.24. The van der Waals surface area contributed by atoms with Gasteiger partial charge in [-0.25, -0.2) is 9.48 Å². The summed E-state index contributed by atoms with van der Waals surface area (Å²) in [6, 6.07) is 13.2. The molecule has 0 fully saturated rings. The number of aromatic carboxylic acids is 1. The lowest BCUT2D eigenvalue weighted by molar-refractivity contribution is -0.117. The van der Waals surface area contributed by atoms with Gasteiger partial charge in [0.1, 0.15) is 6.54 Å². The van der Waals surface area contributed by atoms with Crippen molar-refractivity contribution in [1.29, 1.82) is 0 Å². The molecule has 8 heteroatoms. The molecule has 0 saturated heterocycles. The van der Waals surface area contributed by atoms with Crippen molar-refractivity contribution < 1.29 is 14.7 Å². The molecule has 1 heterocycles. The summed E-state index contributed by atoms with van der Waals surface area (Å²) in [6.07, 6.45) is 0. The molecule has 0 unspecified atom stereocenters. The fraction of sp³-hybridized carbons (Fsp3) is 0.0588. The van der Waals surface area contributed by atoms with Crippen molar-refractivity contribution in [2.45, 2.75) is 6.54 Å². The predicted octanol–water partition coefficient (Wildman–Crippen LogP) is 2.50. The second-order valence-electron chi connectivity index (χ2n) is 5.22. The third-order valence-electron chi connectivity index (χ3n) is 3.49. The summed E-state index contributed by atoms with van der Waals surface area (Å²) in [7, 11) is 0. The number of carbonyl (C=O) groups is 2. The molecule has 1 amide bonds. The smallest absolute Gasteiger partial charge is 0.357 e. The van der Waals surface area contributed by atoms with Gasteiger partial charge in [0.15, 0.2) is 5.69 Å². The Bertz CT molecular complexity index is 1030. The molecule has 25 heavy (non-hydrogen) atoms. The maximum atomic E-state index is 12.5. The fourth-order valence-electron chi connectivity index (χ4n) is 2.37. The molecule has 7 nitrogen and oxygen atoms in total.